The van der Waals surface area contributed by atoms with Gasteiger partial charge in [0.25, 0.3) is 0 Å². The maximum Gasteiger partial charge on any atom is 0.410 e. The quantitative estimate of drug-likeness (QED) is 0.863. The summed E-state index contributed by atoms with van der Waals surface area (Å²) in [5, 5.41) is 23.1. The van der Waals surface area contributed by atoms with E-state index in [1.54, 1.807) is 23.1 Å². The molecular weight excluding hydrogens is 306 g/mol. The highest BCUT2D eigenvalue weighted by molar-refractivity contribution is 5.68. The lowest BCUT2D eigenvalue weighted by Crippen LogP contribution is -2.52. The van der Waals surface area contributed by atoms with Crippen molar-refractivity contribution in [1.29, 1.82) is 5.26 Å². The van der Waals surface area contributed by atoms with Crippen LogP contribution in [-0.4, -0.2) is 48.4 Å². The Balaban J connectivity index is 1.90. The van der Waals surface area contributed by atoms with Crippen LogP contribution in [0, 0.1) is 11.3 Å². The molecule has 0 spiro atoms. The van der Waals surface area contributed by atoms with Crippen LogP contribution in [-0.2, 0) is 10.3 Å². The first kappa shape index (κ1) is 16.7. The Bertz CT molecular complexity index is 637. The molecular formula is C18H23N3O3. The molecule has 1 amide bonds. The number of aliphatic hydroxyl groups is 1. The fourth-order valence-corrected chi connectivity index (χ4v) is 3.56. The lowest BCUT2D eigenvalue weighted by atomic mass is 9.77. The first-order valence-electron chi connectivity index (χ1n) is 8.53. The zero-order chi connectivity index (χ0) is 17.0. The van der Waals surface area contributed by atoms with Crippen LogP contribution < -0.4 is 5.32 Å². The van der Waals surface area contributed by atoms with Crippen molar-refractivity contribution in [2.45, 2.75) is 37.4 Å². The van der Waals surface area contributed by atoms with Crippen LogP contribution in [0.2, 0.25) is 0 Å². The van der Waals surface area contributed by atoms with Crippen molar-refractivity contribution in [3.05, 3.63) is 35.4 Å². The van der Waals surface area contributed by atoms with Gasteiger partial charge >= 0.3 is 6.09 Å². The summed E-state index contributed by atoms with van der Waals surface area (Å²) in [4.78, 5) is 14.3. The number of rotatable bonds is 2. The molecule has 6 nitrogen and oxygen atoms in total. The molecule has 128 valence electrons. The number of aliphatic hydroxyl groups excluding tert-OH is 1. The van der Waals surface area contributed by atoms with Crippen LogP contribution in [0.3, 0.4) is 0 Å². The predicted octanol–water partition coefficient (Wildman–Crippen LogP) is 1.73. The number of nitrogens with zero attached hydrogens (tertiary/aromatic N) is 2. The van der Waals surface area contributed by atoms with Crippen LogP contribution in [0.4, 0.5) is 4.79 Å². The van der Waals surface area contributed by atoms with Gasteiger partial charge in [-0.05, 0) is 37.0 Å². The van der Waals surface area contributed by atoms with Crippen molar-refractivity contribution in [3.63, 3.8) is 0 Å². The van der Waals surface area contributed by atoms with E-state index in [1.165, 1.54) is 0 Å². The van der Waals surface area contributed by atoms with Gasteiger partial charge in [-0.15, -0.1) is 0 Å². The summed E-state index contributed by atoms with van der Waals surface area (Å²) in [6.07, 6.45) is 1.80. The topological polar surface area (TPSA) is 85.6 Å². The number of ether oxygens (including phenoxy) is 1. The zero-order valence-corrected chi connectivity index (χ0v) is 13.7. The van der Waals surface area contributed by atoms with Gasteiger partial charge in [-0.25, -0.2) is 4.79 Å². The third-order valence-corrected chi connectivity index (χ3v) is 4.94. The van der Waals surface area contributed by atoms with Crippen molar-refractivity contribution in [1.82, 2.24) is 10.2 Å². The number of hydrogen-bond acceptors (Lipinski definition) is 5. The molecule has 2 aliphatic rings. The van der Waals surface area contributed by atoms with Crippen molar-refractivity contribution < 1.29 is 14.6 Å². The highest BCUT2D eigenvalue weighted by Gasteiger charge is 2.46. The maximum absolute atomic E-state index is 12.6. The van der Waals surface area contributed by atoms with Crippen LogP contribution in [0.25, 0.3) is 0 Å². The third kappa shape index (κ3) is 3.23. The van der Waals surface area contributed by atoms with Gasteiger partial charge in [0.2, 0.25) is 0 Å². The first-order valence-corrected chi connectivity index (χ1v) is 8.53. The fourth-order valence-electron chi connectivity index (χ4n) is 3.56. The minimum absolute atomic E-state index is 0.389. The Morgan fingerprint density at radius 3 is 2.88 bits per heavy atom. The summed E-state index contributed by atoms with van der Waals surface area (Å²) in [6, 6.07) is 9.16. The number of benzene rings is 1. The molecule has 1 aromatic carbocycles. The molecule has 1 heterocycles. The molecule has 2 fully saturated rings. The largest absolute Gasteiger partial charge is 0.435 e. The number of carbonyl (C=O) groups excluding carboxylic acids is 1. The van der Waals surface area contributed by atoms with E-state index in [-0.39, 0.29) is 6.09 Å². The summed E-state index contributed by atoms with van der Waals surface area (Å²) in [7, 11) is 0. The van der Waals surface area contributed by atoms with Crippen molar-refractivity contribution in [2.75, 3.05) is 26.2 Å². The summed E-state index contributed by atoms with van der Waals surface area (Å²) < 4.78 is 5.92. The second kappa shape index (κ2) is 7.20. The lowest BCUT2D eigenvalue weighted by Gasteiger charge is -2.42. The van der Waals surface area contributed by atoms with Crippen LogP contribution in [0.1, 0.15) is 36.8 Å². The second-order valence-electron chi connectivity index (χ2n) is 6.45. The summed E-state index contributed by atoms with van der Waals surface area (Å²) >= 11 is 0. The third-order valence-electron chi connectivity index (χ3n) is 4.94. The van der Waals surface area contributed by atoms with Crippen LogP contribution in [0.5, 0.6) is 0 Å². The number of carbonyl (C=O) groups is 1. The summed E-state index contributed by atoms with van der Waals surface area (Å²) in [6.45, 7) is 2.69. The Morgan fingerprint density at radius 1 is 1.38 bits per heavy atom. The molecule has 0 aromatic heterocycles. The Morgan fingerprint density at radius 2 is 2.17 bits per heavy atom. The Labute approximate surface area is 142 Å². The predicted molar refractivity (Wildman–Crippen MR) is 88.2 cm³/mol. The van der Waals surface area contributed by atoms with E-state index in [1.807, 2.05) is 6.07 Å². The molecule has 1 aliphatic carbocycles. The van der Waals surface area contributed by atoms with E-state index in [4.69, 9.17) is 10.00 Å². The van der Waals surface area contributed by atoms with Crippen molar-refractivity contribution in [2.24, 2.45) is 0 Å². The van der Waals surface area contributed by atoms with E-state index in [2.05, 4.69) is 11.4 Å². The zero-order valence-electron chi connectivity index (χ0n) is 13.7. The molecule has 2 unspecified atom stereocenters. The second-order valence-corrected chi connectivity index (χ2v) is 6.45. The first-order chi connectivity index (χ1) is 11.7. The highest BCUT2D eigenvalue weighted by Crippen LogP contribution is 2.41. The fraction of sp³-hybridized carbons (Fsp3) is 0.556. The standard InChI is InChI=1S/C18H23N3O3/c19-13-14-4-3-5-15(12-14)18(7-2-1-6-16(18)22)24-17(23)21-10-8-20-9-11-21/h3-5,12,16,20,22H,1-2,6-11H2. The van der Waals surface area contributed by atoms with E-state index in [0.717, 1.165) is 25.9 Å². The molecule has 1 aromatic rings. The van der Waals surface area contributed by atoms with Gasteiger partial charge in [-0.3, -0.25) is 0 Å². The maximum atomic E-state index is 12.6. The average molecular weight is 329 g/mol. The number of piperazine rings is 1. The van der Waals surface area contributed by atoms with E-state index in [9.17, 15) is 9.90 Å². The molecule has 2 N–H and O–H groups in total. The highest BCUT2D eigenvalue weighted by atomic mass is 16.6. The van der Waals surface area contributed by atoms with Crippen molar-refractivity contribution >= 4 is 6.09 Å². The average Bonchev–Trinajstić information content (AvgIpc) is 2.64. The van der Waals surface area contributed by atoms with Crippen LogP contribution >= 0.6 is 0 Å². The van der Waals surface area contributed by atoms with Gasteiger partial charge in [-0.1, -0.05) is 18.6 Å². The molecule has 1 saturated heterocycles. The van der Waals surface area contributed by atoms with Gasteiger partial charge in [0, 0.05) is 26.2 Å². The molecule has 1 saturated carbocycles. The molecule has 3 rings (SSSR count). The van der Waals surface area contributed by atoms with Gasteiger partial charge in [0.05, 0.1) is 17.7 Å². The van der Waals surface area contributed by atoms with Gasteiger partial charge in [0.15, 0.2) is 5.60 Å². The number of amides is 1. The molecule has 2 atom stereocenters. The molecule has 1 aliphatic heterocycles. The number of hydrogen-bond donors (Lipinski definition) is 2. The lowest BCUT2D eigenvalue weighted by molar-refractivity contribution is -0.119. The normalized spacial score (nSPS) is 27.3. The molecule has 0 radical (unpaired) electrons. The van der Waals surface area contributed by atoms with Gasteiger partial charge < -0.3 is 20.1 Å². The smallest absolute Gasteiger partial charge is 0.410 e. The van der Waals surface area contributed by atoms with E-state index < -0.39 is 11.7 Å². The SMILES string of the molecule is N#Cc1cccc(C2(OC(=O)N3CCNCC3)CCCCC2O)c1. The molecule has 0 bridgehead atoms. The van der Waals surface area contributed by atoms with Gasteiger partial charge in [-0.2, -0.15) is 5.26 Å². The van der Waals surface area contributed by atoms with E-state index in [0.29, 0.717) is 37.1 Å². The summed E-state index contributed by atoms with van der Waals surface area (Å²) in [5.41, 5.74) is 0.146. The van der Waals surface area contributed by atoms with Crippen molar-refractivity contribution in [3.8, 4) is 6.07 Å². The monoisotopic (exact) mass is 329 g/mol. The minimum atomic E-state index is -1.06. The molecule has 24 heavy (non-hydrogen) atoms. The Kier molecular flexibility index (Phi) is 5.03. The number of nitriles is 1. The van der Waals surface area contributed by atoms with E-state index >= 15 is 0 Å². The van der Waals surface area contributed by atoms with Gasteiger partial charge in [0.1, 0.15) is 0 Å². The minimum Gasteiger partial charge on any atom is -0.435 e. The van der Waals surface area contributed by atoms with Crippen LogP contribution in [0.15, 0.2) is 24.3 Å². The summed E-state index contributed by atoms with van der Waals surface area (Å²) in [5.74, 6) is 0. The Hall–Kier alpha value is -2.10. The molecule has 6 heteroatoms. The number of nitrogens with one attached hydrogen (secondary N) is 1.